The number of pyridine rings is 1. The molecule has 1 heterocycles. The van der Waals surface area contributed by atoms with E-state index in [2.05, 4.69) is 10.3 Å². The zero-order chi connectivity index (χ0) is 14.7. The summed E-state index contributed by atoms with van der Waals surface area (Å²) in [5, 5.41) is 3.28. The lowest BCUT2D eigenvalue weighted by Crippen LogP contribution is -2.07. The number of benzene rings is 1. The van der Waals surface area contributed by atoms with Crippen LogP contribution in [0, 0.1) is 26.6 Å². The molecule has 20 heavy (non-hydrogen) atoms. The Hall–Kier alpha value is -2.10. The second kappa shape index (κ2) is 5.90. The number of hydrogen-bond donors (Lipinski definition) is 1. The summed E-state index contributed by atoms with van der Waals surface area (Å²) in [5.74, 6) is 0.645. The maximum absolute atomic E-state index is 13.1. The number of halogens is 1. The van der Waals surface area contributed by atoms with Crippen molar-refractivity contribution in [3.05, 3.63) is 52.6 Å². The van der Waals surface area contributed by atoms with Crippen LogP contribution in [0.15, 0.2) is 24.4 Å². The van der Waals surface area contributed by atoms with E-state index in [1.165, 1.54) is 12.1 Å². The first kappa shape index (κ1) is 14.3. The topological polar surface area (TPSA) is 34.1 Å². The van der Waals surface area contributed by atoms with Gasteiger partial charge in [-0.05, 0) is 44.5 Å². The van der Waals surface area contributed by atoms with E-state index in [1.807, 2.05) is 20.8 Å². The molecule has 0 saturated heterocycles. The third-order valence-electron chi connectivity index (χ3n) is 3.38. The molecule has 0 fully saturated rings. The molecule has 0 amide bonds. The van der Waals surface area contributed by atoms with Gasteiger partial charge in [-0.1, -0.05) is 0 Å². The molecule has 0 radical (unpaired) electrons. The molecule has 0 aliphatic heterocycles. The van der Waals surface area contributed by atoms with Crippen LogP contribution in [0.4, 0.5) is 10.1 Å². The molecule has 1 aromatic carbocycles. The summed E-state index contributed by atoms with van der Waals surface area (Å²) >= 11 is 0. The maximum atomic E-state index is 13.1. The lowest BCUT2D eigenvalue weighted by molar-refractivity contribution is 0.407. The molecule has 1 aromatic heterocycles. The summed E-state index contributed by atoms with van der Waals surface area (Å²) in [7, 11) is 1.66. The van der Waals surface area contributed by atoms with Gasteiger partial charge in [0, 0.05) is 23.0 Å². The average Bonchev–Trinajstić information content (AvgIpc) is 2.40. The Morgan fingerprint density at radius 2 is 1.95 bits per heavy atom. The Morgan fingerprint density at radius 1 is 1.20 bits per heavy atom. The number of ether oxygens (including phenoxy) is 1. The van der Waals surface area contributed by atoms with Gasteiger partial charge in [0.25, 0.3) is 0 Å². The minimum Gasteiger partial charge on any atom is -0.496 e. The van der Waals surface area contributed by atoms with Crippen molar-refractivity contribution in [1.82, 2.24) is 4.98 Å². The van der Waals surface area contributed by atoms with Crippen molar-refractivity contribution < 1.29 is 9.13 Å². The number of aryl methyl sites for hydroxylation is 2. The zero-order valence-corrected chi connectivity index (χ0v) is 12.2. The molecule has 4 heteroatoms. The van der Waals surface area contributed by atoms with Crippen molar-refractivity contribution >= 4 is 5.69 Å². The highest BCUT2D eigenvalue weighted by Crippen LogP contribution is 2.25. The highest BCUT2D eigenvalue weighted by molar-refractivity contribution is 5.51. The van der Waals surface area contributed by atoms with Crippen molar-refractivity contribution in [3.8, 4) is 5.75 Å². The van der Waals surface area contributed by atoms with E-state index in [4.69, 9.17) is 4.74 Å². The molecule has 1 N–H and O–H groups in total. The molecule has 0 unspecified atom stereocenters. The summed E-state index contributed by atoms with van der Waals surface area (Å²) in [6.07, 6.45) is 1.81. The monoisotopic (exact) mass is 274 g/mol. The molecule has 2 aromatic rings. The molecule has 0 aliphatic rings. The van der Waals surface area contributed by atoms with Crippen LogP contribution in [0.25, 0.3) is 0 Å². The fourth-order valence-electron chi connectivity index (χ4n) is 2.25. The van der Waals surface area contributed by atoms with Gasteiger partial charge >= 0.3 is 0 Å². The van der Waals surface area contributed by atoms with Gasteiger partial charge < -0.3 is 10.1 Å². The van der Waals surface area contributed by atoms with Gasteiger partial charge in [-0.15, -0.1) is 0 Å². The van der Waals surface area contributed by atoms with E-state index >= 15 is 0 Å². The van der Waals surface area contributed by atoms with Gasteiger partial charge in [-0.3, -0.25) is 4.98 Å². The first-order valence-electron chi connectivity index (χ1n) is 6.52. The largest absolute Gasteiger partial charge is 0.496 e. The number of nitrogens with zero attached hydrogens (tertiary/aromatic N) is 1. The van der Waals surface area contributed by atoms with E-state index in [0.29, 0.717) is 6.54 Å². The van der Waals surface area contributed by atoms with Gasteiger partial charge in [0.2, 0.25) is 0 Å². The normalized spacial score (nSPS) is 10.4. The number of anilines is 1. The summed E-state index contributed by atoms with van der Waals surface area (Å²) < 4.78 is 18.5. The van der Waals surface area contributed by atoms with Gasteiger partial charge in [0.15, 0.2) is 0 Å². The van der Waals surface area contributed by atoms with Crippen LogP contribution in [0.5, 0.6) is 5.75 Å². The molecule has 0 aliphatic carbocycles. The van der Waals surface area contributed by atoms with Crippen LogP contribution in [-0.4, -0.2) is 12.1 Å². The zero-order valence-electron chi connectivity index (χ0n) is 12.2. The highest BCUT2D eigenvalue weighted by atomic mass is 19.1. The Labute approximate surface area is 118 Å². The summed E-state index contributed by atoms with van der Waals surface area (Å²) in [5.41, 5.74) is 4.76. The minimum absolute atomic E-state index is 0.223. The Balaban J connectivity index is 2.19. The van der Waals surface area contributed by atoms with E-state index in [9.17, 15) is 4.39 Å². The predicted molar refractivity (Wildman–Crippen MR) is 78.7 cm³/mol. The van der Waals surface area contributed by atoms with Crippen molar-refractivity contribution in [2.24, 2.45) is 0 Å². The van der Waals surface area contributed by atoms with E-state index in [1.54, 1.807) is 19.4 Å². The van der Waals surface area contributed by atoms with Crippen LogP contribution >= 0.6 is 0 Å². The van der Waals surface area contributed by atoms with Gasteiger partial charge in [0.05, 0.1) is 19.3 Å². The molecular formula is C16H19FN2O. The van der Waals surface area contributed by atoms with E-state index in [-0.39, 0.29) is 5.82 Å². The fourth-order valence-corrected chi connectivity index (χ4v) is 2.25. The number of methoxy groups -OCH3 is 1. The van der Waals surface area contributed by atoms with Crippen LogP contribution in [-0.2, 0) is 6.54 Å². The van der Waals surface area contributed by atoms with Gasteiger partial charge in [-0.25, -0.2) is 4.39 Å². The van der Waals surface area contributed by atoms with Crippen molar-refractivity contribution in [1.29, 1.82) is 0 Å². The SMILES string of the molecule is COc1c(C)cnc(CNc2ccc(F)cc2C)c1C. The number of aromatic nitrogens is 1. The first-order valence-corrected chi connectivity index (χ1v) is 6.52. The number of rotatable bonds is 4. The lowest BCUT2D eigenvalue weighted by Gasteiger charge is -2.14. The lowest BCUT2D eigenvalue weighted by atomic mass is 10.1. The maximum Gasteiger partial charge on any atom is 0.128 e. The van der Waals surface area contributed by atoms with Crippen LogP contribution in [0.3, 0.4) is 0 Å². The molecule has 0 bridgehead atoms. The molecule has 0 spiro atoms. The highest BCUT2D eigenvalue weighted by Gasteiger charge is 2.09. The Morgan fingerprint density at radius 3 is 2.60 bits per heavy atom. The molecule has 3 nitrogen and oxygen atoms in total. The quantitative estimate of drug-likeness (QED) is 0.921. The second-order valence-corrected chi connectivity index (χ2v) is 4.86. The third kappa shape index (κ3) is 2.90. The molecule has 2 rings (SSSR count). The van der Waals surface area contributed by atoms with Crippen LogP contribution in [0.2, 0.25) is 0 Å². The second-order valence-electron chi connectivity index (χ2n) is 4.86. The first-order chi connectivity index (χ1) is 9.52. The van der Waals surface area contributed by atoms with Crippen molar-refractivity contribution in [2.45, 2.75) is 27.3 Å². The molecule has 0 saturated carbocycles. The van der Waals surface area contributed by atoms with Crippen LogP contribution < -0.4 is 10.1 Å². The predicted octanol–water partition coefficient (Wildman–Crippen LogP) is 3.77. The summed E-state index contributed by atoms with van der Waals surface area (Å²) in [4.78, 5) is 4.43. The smallest absolute Gasteiger partial charge is 0.128 e. The van der Waals surface area contributed by atoms with E-state index < -0.39 is 0 Å². The Bertz CT molecular complexity index is 626. The number of hydrogen-bond acceptors (Lipinski definition) is 3. The summed E-state index contributed by atoms with van der Waals surface area (Å²) in [6.45, 7) is 6.42. The fraction of sp³-hybridized carbons (Fsp3) is 0.312. The molecular weight excluding hydrogens is 255 g/mol. The minimum atomic E-state index is -0.223. The standard InChI is InChI=1S/C16H19FN2O/c1-10-7-13(17)5-6-14(10)19-9-15-12(3)16(20-4)11(2)8-18-15/h5-8,19H,9H2,1-4H3. The van der Waals surface area contributed by atoms with Crippen molar-refractivity contribution in [2.75, 3.05) is 12.4 Å². The van der Waals surface area contributed by atoms with Crippen LogP contribution in [0.1, 0.15) is 22.4 Å². The van der Waals surface area contributed by atoms with Gasteiger partial charge in [-0.2, -0.15) is 0 Å². The number of nitrogens with one attached hydrogen (secondary N) is 1. The third-order valence-corrected chi connectivity index (χ3v) is 3.38. The summed E-state index contributed by atoms with van der Waals surface area (Å²) in [6, 6.07) is 4.70. The average molecular weight is 274 g/mol. The van der Waals surface area contributed by atoms with Crippen molar-refractivity contribution in [3.63, 3.8) is 0 Å². The van der Waals surface area contributed by atoms with Gasteiger partial charge in [0.1, 0.15) is 11.6 Å². The van der Waals surface area contributed by atoms with E-state index in [0.717, 1.165) is 33.8 Å². The molecule has 106 valence electrons. The molecule has 0 atom stereocenters. The Kier molecular flexibility index (Phi) is 4.23.